The molecule has 1 aliphatic rings. The van der Waals surface area contributed by atoms with Crippen LogP contribution in [0.2, 0.25) is 0 Å². The van der Waals surface area contributed by atoms with E-state index in [0.29, 0.717) is 36.4 Å². The van der Waals surface area contributed by atoms with Crippen LogP contribution >= 0.6 is 0 Å². The molecule has 0 spiro atoms. The maximum atomic E-state index is 11.4. The Kier molecular flexibility index (Phi) is 5.44. The smallest absolute Gasteiger partial charge is 0.248 e. The van der Waals surface area contributed by atoms with Crippen molar-refractivity contribution < 1.29 is 14.6 Å². The predicted molar refractivity (Wildman–Crippen MR) is 84.1 cm³/mol. The fourth-order valence-electron chi connectivity index (χ4n) is 2.46. The van der Waals surface area contributed by atoms with E-state index in [9.17, 15) is 10.1 Å². The number of nitriles is 1. The molecule has 1 fully saturated rings. The molecule has 1 heterocycles. The Balaban J connectivity index is 2.09. The molecule has 2 rings (SSSR count). The lowest BCUT2D eigenvalue weighted by molar-refractivity contribution is -0.133. The second kappa shape index (κ2) is 7.51. The second-order valence-electron chi connectivity index (χ2n) is 5.24. The number of carbonyl (C=O) groups is 1. The molecule has 0 radical (unpaired) electrons. The van der Waals surface area contributed by atoms with Crippen molar-refractivity contribution in [1.82, 2.24) is 4.90 Å². The predicted octanol–water partition coefficient (Wildman–Crippen LogP) is 0.938. The molecule has 1 aromatic rings. The molecule has 1 unspecified atom stereocenters. The van der Waals surface area contributed by atoms with E-state index in [1.54, 1.807) is 18.2 Å². The first-order valence-corrected chi connectivity index (χ1v) is 7.25. The zero-order valence-corrected chi connectivity index (χ0v) is 12.6. The molecule has 7 nitrogen and oxygen atoms in total. The van der Waals surface area contributed by atoms with E-state index in [2.05, 4.69) is 6.07 Å². The number of aliphatic hydroxyl groups is 1. The van der Waals surface area contributed by atoms with Gasteiger partial charge in [0.25, 0.3) is 0 Å². The number of hydrogen-bond donors (Lipinski definition) is 3. The van der Waals surface area contributed by atoms with E-state index in [-0.39, 0.29) is 24.1 Å². The van der Waals surface area contributed by atoms with Crippen molar-refractivity contribution in [3.8, 4) is 11.8 Å². The average molecular weight is 314 g/mol. The Morgan fingerprint density at radius 1 is 1.57 bits per heavy atom. The lowest BCUT2D eigenvalue weighted by Crippen LogP contribution is -2.32. The fraction of sp³-hybridized carbons (Fsp3) is 0.375. The Hall–Kier alpha value is -2.72. The van der Waals surface area contributed by atoms with Gasteiger partial charge in [0, 0.05) is 31.3 Å². The first-order chi connectivity index (χ1) is 11.1. The lowest BCUT2D eigenvalue weighted by atomic mass is 10.0. The normalized spacial score (nSPS) is 16.7. The van der Waals surface area contributed by atoms with Crippen LogP contribution in [0.4, 0.5) is 0 Å². The number of aliphatic hydroxyl groups excluding tert-OH is 1. The van der Waals surface area contributed by atoms with Crippen molar-refractivity contribution in [3.63, 3.8) is 0 Å². The minimum absolute atomic E-state index is 0.214. The van der Waals surface area contributed by atoms with Crippen molar-refractivity contribution in [2.24, 2.45) is 0 Å². The summed E-state index contributed by atoms with van der Waals surface area (Å²) in [5.74, 6) is 0.0919. The molecule has 7 heteroatoms. The number of nitrogens with zero attached hydrogens (tertiary/aromatic N) is 2. The summed E-state index contributed by atoms with van der Waals surface area (Å²) in [4.78, 5) is 13.0. The molecule has 1 aliphatic heterocycles. The van der Waals surface area contributed by atoms with Gasteiger partial charge in [-0.1, -0.05) is 0 Å². The van der Waals surface area contributed by atoms with Crippen molar-refractivity contribution in [2.75, 3.05) is 19.7 Å². The molecule has 1 amide bonds. The molecule has 0 aromatic heterocycles. The lowest BCUT2D eigenvalue weighted by Gasteiger charge is -2.17. The van der Waals surface area contributed by atoms with Gasteiger partial charge in [0.15, 0.2) is 0 Å². The van der Waals surface area contributed by atoms with Gasteiger partial charge in [-0.15, -0.1) is 0 Å². The van der Waals surface area contributed by atoms with Crippen LogP contribution in [-0.2, 0) is 4.79 Å². The van der Waals surface area contributed by atoms with Gasteiger partial charge in [-0.3, -0.25) is 4.79 Å². The molecule has 120 valence electrons. The van der Waals surface area contributed by atoms with Crippen LogP contribution in [0.1, 0.15) is 24.0 Å². The summed E-state index contributed by atoms with van der Waals surface area (Å²) in [6, 6.07) is 6.96. The van der Waals surface area contributed by atoms with Crippen molar-refractivity contribution in [2.45, 2.75) is 18.9 Å². The molecule has 3 N–H and O–H groups in total. The molecule has 1 saturated heterocycles. The zero-order valence-electron chi connectivity index (χ0n) is 12.6. The molecular formula is C16H18N4O3. The Morgan fingerprint density at radius 2 is 2.35 bits per heavy atom. The van der Waals surface area contributed by atoms with E-state index in [1.165, 1.54) is 4.90 Å². The first kappa shape index (κ1) is 16.6. The maximum absolute atomic E-state index is 11.4. The third-order valence-electron chi connectivity index (χ3n) is 3.68. The number of hydrogen-bond acceptors (Lipinski definition) is 6. The van der Waals surface area contributed by atoms with Gasteiger partial charge in [0.05, 0.1) is 12.1 Å². The summed E-state index contributed by atoms with van der Waals surface area (Å²) in [7, 11) is 0. The minimum atomic E-state index is -0.514. The zero-order chi connectivity index (χ0) is 16.8. The van der Waals surface area contributed by atoms with E-state index in [0.717, 1.165) is 6.21 Å². The van der Waals surface area contributed by atoms with Crippen LogP contribution in [0.3, 0.4) is 0 Å². The SMILES string of the molecule is N#Cc1cc(C(=N)CC=N)ccc1OC1CCN(C(=O)CO)C1. The standard InChI is InChI=1S/C16H18N4O3/c17-5-3-14(19)11-1-2-15(12(7-11)8-18)23-13-4-6-20(9-13)16(22)10-21/h1-2,5,7,13,17,19,21H,3-4,6,9-10H2. The quantitative estimate of drug-likeness (QED) is 0.676. The van der Waals surface area contributed by atoms with Crippen molar-refractivity contribution in [3.05, 3.63) is 29.3 Å². The summed E-state index contributed by atoms with van der Waals surface area (Å²) in [5, 5.41) is 33.0. The molecule has 1 atom stereocenters. The number of amides is 1. The summed E-state index contributed by atoms with van der Waals surface area (Å²) < 4.78 is 5.80. The highest BCUT2D eigenvalue weighted by Gasteiger charge is 2.27. The van der Waals surface area contributed by atoms with Gasteiger partial charge < -0.3 is 25.6 Å². The second-order valence-corrected chi connectivity index (χ2v) is 5.24. The van der Waals surface area contributed by atoms with E-state index in [4.69, 9.17) is 20.7 Å². The first-order valence-electron chi connectivity index (χ1n) is 7.25. The summed E-state index contributed by atoms with van der Waals surface area (Å²) >= 11 is 0. The highest BCUT2D eigenvalue weighted by Crippen LogP contribution is 2.24. The molecule has 0 bridgehead atoms. The highest BCUT2D eigenvalue weighted by molar-refractivity contribution is 6.05. The number of likely N-dealkylation sites (tertiary alicyclic amines) is 1. The fourth-order valence-corrected chi connectivity index (χ4v) is 2.46. The van der Waals surface area contributed by atoms with Gasteiger partial charge in [-0.2, -0.15) is 5.26 Å². The van der Waals surface area contributed by atoms with Crippen LogP contribution in [0, 0.1) is 22.1 Å². The van der Waals surface area contributed by atoms with Gasteiger partial charge in [0.1, 0.15) is 24.5 Å². The Morgan fingerprint density at radius 3 is 3.00 bits per heavy atom. The number of ether oxygens (including phenoxy) is 1. The van der Waals surface area contributed by atoms with E-state index >= 15 is 0 Å². The van der Waals surface area contributed by atoms with Crippen molar-refractivity contribution in [1.29, 1.82) is 16.1 Å². The largest absolute Gasteiger partial charge is 0.487 e. The van der Waals surface area contributed by atoms with Crippen LogP contribution in [0.5, 0.6) is 5.75 Å². The van der Waals surface area contributed by atoms with Crippen LogP contribution in [-0.4, -0.2) is 53.6 Å². The van der Waals surface area contributed by atoms with E-state index < -0.39 is 6.61 Å². The minimum Gasteiger partial charge on any atom is -0.487 e. The number of carbonyl (C=O) groups excluding carboxylic acids is 1. The third kappa shape index (κ3) is 3.93. The molecule has 23 heavy (non-hydrogen) atoms. The number of nitrogens with one attached hydrogen (secondary N) is 2. The van der Waals surface area contributed by atoms with Gasteiger partial charge in [-0.05, 0) is 23.8 Å². The summed E-state index contributed by atoms with van der Waals surface area (Å²) in [6.45, 7) is 0.392. The molecular weight excluding hydrogens is 296 g/mol. The van der Waals surface area contributed by atoms with Crippen LogP contribution in [0.25, 0.3) is 0 Å². The average Bonchev–Trinajstić information content (AvgIpc) is 3.03. The van der Waals surface area contributed by atoms with Crippen molar-refractivity contribution >= 4 is 17.8 Å². The topological polar surface area (TPSA) is 121 Å². The van der Waals surface area contributed by atoms with Gasteiger partial charge in [0.2, 0.25) is 5.91 Å². The Bertz CT molecular complexity index is 666. The monoisotopic (exact) mass is 314 g/mol. The third-order valence-corrected chi connectivity index (χ3v) is 3.68. The maximum Gasteiger partial charge on any atom is 0.248 e. The summed E-state index contributed by atoms with van der Waals surface area (Å²) in [5.41, 5.74) is 1.17. The molecule has 1 aromatic carbocycles. The number of rotatable bonds is 6. The van der Waals surface area contributed by atoms with E-state index in [1.807, 2.05) is 0 Å². The van der Waals surface area contributed by atoms with Crippen LogP contribution in [0.15, 0.2) is 18.2 Å². The van der Waals surface area contributed by atoms with Gasteiger partial charge >= 0.3 is 0 Å². The van der Waals surface area contributed by atoms with Crippen LogP contribution < -0.4 is 4.74 Å². The highest BCUT2D eigenvalue weighted by atomic mass is 16.5. The number of benzene rings is 1. The van der Waals surface area contributed by atoms with Gasteiger partial charge in [-0.25, -0.2) is 0 Å². The molecule has 0 aliphatic carbocycles. The Labute approximate surface area is 134 Å². The molecule has 0 saturated carbocycles. The summed E-state index contributed by atoms with van der Waals surface area (Å²) in [6.07, 6.45) is 1.78.